The summed E-state index contributed by atoms with van der Waals surface area (Å²) in [4.78, 5) is 0. The van der Waals surface area contributed by atoms with E-state index in [9.17, 15) is 20.4 Å². The summed E-state index contributed by atoms with van der Waals surface area (Å²) in [6.07, 6.45) is 1.52. The summed E-state index contributed by atoms with van der Waals surface area (Å²) in [5, 5.41) is 37.9. The van der Waals surface area contributed by atoms with E-state index in [2.05, 4.69) is 45.2 Å². The van der Waals surface area contributed by atoms with Crippen molar-refractivity contribution < 1.29 is 20.4 Å². The Morgan fingerprint density at radius 1 is 0.386 bits per heavy atom. The molecule has 0 spiro atoms. The molecule has 0 fully saturated rings. The Morgan fingerprint density at radius 2 is 0.591 bits per heavy atom. The van der Waals surface area contributed by atoms with Gasteiger partial charge >= 0.3 is 0 Å². The van der Waals surface area contributed by atoms with Crippen LogP contribution in [0.15, 0.2) is 121 Å². The number of aliphatic hydroxyl groups excluding tert-OH is 4. The van der Waals surface area contributed by atoms with Crippen LogP contribution in [0.5, 0.6) is 0 Å². The Balaban J connectivity index is 0.000000293. The van der Waals surface area contributed by atoms with Crippen molar-refractivity contribution in [2.45, 2.75) is 50.1 Å². The zero-order valence-corrected chi connectivity index (χ0v) is 30.6. The Kier molecular flexibility index (Phi) is 25.0. The average molecular weight is 865 g/mol. The molecule has 0 unspecified atom stereocenters. The number of benzene rings is 4. The molecule has 4 atom stereocenters. The van der Waals surface area contributed by atoms with Gasteiger partial charge in [-0.3, -0.25) is 0 Å². The van der Waals surface area contributed by atoms with E-state index < -0.39 is 12.2 Å². The summed E-state index contributed by atoms with van der Waals surface area (Å²) in [5.41, 5.74) is 3.91. The first-order valence-electron chi connectivity index (χ1n) is 14.5. The van der Waals surface area contributed by atoms with Crippen LogP contribution in [-0.2, 0) is 0 Å². The molecule has 0 saturated heterocycles. The molecular weight excluding hydrogens is 821 g/mol. The van der Waals surface area contributed by atoms with Crippen LogP contribution >= 0.6 is 68.4 Å². The van der Waals surface area contributed by atoms with Crippen LogP contribution in [0.4, 0.5) is 0 Å². The van der Waals surface area contributed by atoms with Gasteiger partial charge in [0.2, 0.25) is 0 Å². The molecule has 240 valence electrons. The van der Waals surface area contributed by atoms with Gasteiger partial charge in [-0.25, -0.2) is 0 Å². The van der Waals surface area contributed by atoms with Gasteiger partial charge in [0.1, 0.15) is 0 Å². The predicted molar refractivity (Wildman–Crippen MR) is 203 cm³/mol. The molecule has 0 amide bonds. The van der Waals surface area contributed by atoms with Gasteiger partial charge in [-0.05, 0) is 47.9 Å². The van der Waals surface area contributed by atoms with Gasteiger partial charge in [-0.2, -0.15) is 0 Å². The first-order valence-corrected chi connectivity index (χ1v) is 18.7. The minimum absolute atomic E-state index is 0.284. The molecule has 4 aromatic rings. The molecule has 0 aromatic heterocycles. The molecule has 0 saturated carbocycles. The smallest absolute Gasteiger partial charge is 0.0801 e. The number of aliphatic hydroxyl groups is 4. The second kappa shape index (κ2) is 26.9. The largest absolute Gasteiger partial charge is 0.388 e. The van der Waals surface area contributed by atoms with E-state index in [4.69, 9.17) is 23.2 Å². The molecule has 0 radical (unpaired) electrons. The minimum Gasteiger partial charge on any atom is -0.388 e. The van der Waals surface area contributed by atoms with Gasteiger partial charge in [0.05, 0.1) is 24.4 Å². The SMILES string of the molecule is O[C@@H](CCCl)c1ccccc1.O[C@@H](CCI)c1ccccc1.O[C@H](CCCl)c1ccccc1.O[C@H](CCI)c1ccccc1. The lowest BCUT2D eigenvalue weighted by Crippen LogP contribution is -1.96. The highest BCUT2D eigenvalue weighted by Gasteiger charge is 2.06. The van der Waals surface area contributed by atoms with E-state index in [-0.39, 0.29) is 12.2 Å². The average Bonchev–Trinajstić information content (AvgIpc) is 3.08. The van der Waals surface area contributed by atoms with Gasteiger partial charge < -0.3 is 20.4 Å². The van der Waals surface area contributed by atoms with Gasteiger partial charge in [0.15, 0.2) is 0 Å². The summed E-state index contributed by atoms with van der Waals surface area (Å²) in [6, 6.07) is 38.6. The fourth-order valence-corrected chi connectivity index (χ4v) is 5.37. The van der Waals surface area contributed by atoms with E-state index in [1.165, 1.54) is 0 Å². The van der Waals surface area contributed by atoms with Crippen molar-refractivity contribution in [3.8, 4) is 0 Å². The lowest BCUT2D eigenvalue weighted by molar-refractivity contribution is 0.174. The van der Waals surface area contributed by atoms with Crippen molar-refractivity contribution in [3.05, 3.63) is 144 Å². The van der Waals surface area contributed by atoms with Crippen LogP contribution in [0.3, 0.4) is 0 Å². The molecular formula is C36H44Cl2I2O4. The van der Waals surface area contributed by atoms with Crippen LogP contribution < -0.4 is 0 Å². The number of hydrogen-bond donors (Lipinski definition) is 4. The molecule has 44 heavy (non-hydrogen) atoms. The fraction of sp³-hybridized carbons (Fsp3) is 0.333. The molecule has 4 rings (SSSR count). The van der Waals surface area contributed by atoms with Crippen molar-refractivity contribution >= 4 is 68.4 Å². The van der Waals surface area contributed by atoms with E-state index in [0.29, 0.717) is 24.6 Å². The molecule has 0 heterocycles. The Hall–Kier alpha value is -1.24. The Bertz CT molecular complexity index is 986. The van der Waals surface area contributed by atoms with Crippen LogP contribution in [0.1, 0.15) is 72.4 Å². The molecule has 4 nitrogen and oxygen atoms in total. The molecule has 4 N–H and O–H groups in total. The maximum Gasteiger partial charge on any atom is 0.0801 e. The van der Waals surface area contributed by atoms with Crippen LogP contribution in [-0.4, -0.2) is 41.0 Å². The number of rotatable bonds is 12. The highest BCUT2D eigenvalue weighted by Crippen LogP contribution is 2.18. The third-order valence-electron chi connectivity index (χ3n) is 6.27. The van der Waals surface area contributed by atoms with Crippen LogP contribution in [0, 0.1) is 0 Å². The topological polar surface area (TPSA) is 80.9 Å². The van der Waals surface area contributed by atoms with E-state index >= 15 is 0 Å². The maximum atomic E-state index is 9.52. The Labute approximate surface area is 300 Å². The van der Waals surface area contributed by atoms with Crippen LogP contribution in [0.25, 0.3) is 0 Å². The van der Waals surface area contributed by atoms with Gasteiger partial charge in [-0.15, -0.1) is 23.2 Å². The summed E-state index contributed by atoms with van der Waals surface area (Å²) >= 11 is 15.5. The zero-order chi connectivity index (χ0) is 32.4. The monoisotopic (exact) mass is 864 g/mol. The summed E-state index contributed by atoms with van der Waals surface area (Å²) in [5.74, 6) is 0.992. The molecule has 8 heteroatoms. The fourth-order valence-electron chi connectivity index (χ4n) is 3.78. The highest BCUT2D eigenvalue weighted by atomic mass is 127. The van der Waals surface area contributed by atoms with E-state index in [1.54, 1.807) is 0 Å². The lowest BCUT2D eigenvalue weighted by Gasteiger charge is -2.07. The third-order valence-corrected chi connectivity index (χ3v) is 7.95. The van der Waals surface area contributed by atoms with Crippen molar-refractivity contribution in [1.29, 1.82) is 0 Å². The summed E-state index contributed by atoms with van der Waals surface area (Å²) < 4.78 is 1.99. The molecule has 0 aliphatic rings. The maximum absolute atomic E-state index is 9.52. The quantitative estimate of drug-likeness (QED) is 0.0845. The number of alkyl halides is 4. The molecule has 0 aliphatic heterocycles. The van der Waals surface area contributed by atoms with Crippen LogP contribution in [0.2, 0.25) is 0 Å². The van der Waals surface area contributed by atoms with Crippen molar-refractivity contribution in [2.75, 3.05) is 20.6 Å². The second-order valence-electron chi connectivity index (χ2n) is 9.62. The number of halogens is 4. The normalized spacial score (nSPS) is 12.9. The first-order chi connectivity index (χ1) is 21.4. The minimum atomic E-state index is -0.409. The van der Waals surface area contributed by atoms with E-state index in [0.717, 1.165) is 44.0 Å². The first kappa shape index (κ1) is 40.8. The predicted octanol–water partition coefficient (Wildman–Crippen LogP) is 9.79. The van der Waals surface area contributed by atoms with Crippen molar-refractivity contribution in [3.63, 3.8) is 0 Å². The van der Waals surface area contributed by atoms with Crippen molar-refractivity contribution in [2.24, 2.45) is 0 Å². The Morgan fingerprint density at radius 3 is 0.773 bits per heavy atom. The van der Waals surface area contributed by atoms with Crippen molar-refractivity contribution in [1.82, 2.24) is 0 Å². The summed E-state index contributed by atoms with van der Waals surface area (Å²) in [6.45, 7) is 0. The summed E-state index contributed by atoms with van der Waals surface area (Å²) in [7, 11) is 0. The second-order valence-corrected chi connectivity index (χ2v) is 12.5. The number of hydrogen-bond acceptors (Lipinski definition) is 4. The lowest BCUT2D eigenvalue weighted by atomic mass is 10.1. The molecule has 0 bridgehead atoms. The highest BCUT2D eigenvalue weighted by molar-refractivity contribution is 14.1. The standard InChI is InChI=1S/2C9H11ClO.2C9H11IO/c4*10-7-6-9(11)8-4-2-1-3-5-8/h4*1-5,9,11H,6-7H2/t4*9-/m1010/s1. The zero-order valence-electron chi connectivity index (χ0n) is 24.8. The molecule has 0 aliphatic carbocycles. The van der Waals surface area contributed by atoms with E-state index in [1.807, 2.05) is 121 Å². The van der Waals surface area contributed by atoms with Gasteiger partial charge in [0, 0.05) is 20.6 Å². The van der Waals surface area contributed by atoms with Gasteiger partial charge in [0.25, 0.3) is 0 Å². The third kappa shape index (κ3) is 18.7. The molecule has 4 aromatic carbocycles. The van der Waals surface area contributed by atoms with Gasteiger partial charge in [-0.1, -0.05) is 167 Å².